The van der Waals surface area contributed by atoms with Crippen molar-refractivity contribution in [1.29, 1.82) is 0 Å². The number of aromatic nitrogens is 2. The van der Waals surface area contributed by atoms with E-state index in [1.54, 1.807) is 7.11 Å². The summed E-state index contributed by atoms with van der Waals surface area (Å²) in [4.78, 5) is 3.84. The first-order valence-corrected chi connectivity index (χ1v) is 10.6. The van der Waals surface area contributed by atoms with Gasteiger partial charge in [-0.2, -0.15) is 5.10 Å². The third-order valence-electron chi connectivity index (χ3n) is 5.35. The molecule has 0 spiro atoms. The summed E-state index contributed by atoms with van der Waals surface area (Å²) >= 11 is 1.96. The van der Waals surface area contributed by atoms with Crippen molar-refractivity contribution in [3.8, 4) is 5.75 Å². The van der Waals surface area contributed by atoms with E-state index in [1.165, 1.54) is 27.3 Å². The first kappa shape index (κ1) is 18.9. The number of methoxy groups -OCH3 is 1. The van der Waals surface area contributed by atoms with E-state index in [9.17, 15) is 0 Å². The highest BCUT2D eigenvalue weighted by Gasteiger charge is 2.26. The van der Waals surface area contributed by atoms with Gasteiger partial charge in [-0.05, 0) is 44.0 Å². The number of anilines is 1. The van der Waals surface area contributed by atoms with Crippen LogP contribution in [0.4, 0.5) is 5.69 Å². The summed E-state index contributed by atoms with van der Waals surface area (Å²) in [5.74, 6) is 0.978. The molecule has 28 heavy (non-hydrogen) atoms. The summed E-state index contributed by atoms with van der Waals surface area (Å²) in [7, 11) is 3.75. The Hall–Kier alpha value is -2.40. The van der Waals surface area contributed by atoms with Gasteiger partial charge in [0.1, 0.15) is 5.75 Å². The van der Waals surface area contributed by atoms with E-state index in [0.29, 0.717) is 5.25 Å². The van der Waals surface area contributed by atoms with E-state index in [4.69, 9.17) is 4.74 Å². The first-order valence-electron chi connectivity index (χ1n) is 9.69. The number of thioether (sulfide) groups is 1. The van der Waals surface area contributed by atoms with Gasteiger partial charge in [0, 0.05) is 47.6 Å². The van der Waals surface area contributed by atoms with Gasteiger partial charge in [0.2, 0.25) is 0 Å². The fraction of sp³-hybridized carbons (Fsp3) is 0.348. The second kappa shape index (κ2) is 7.92. The van der Waals surface area contributed by atoms with E-state index in [1.807, 2.05) is 29.6 Å². The Kier molecular flexibility index (Phi) is 5.36. The molecule has 0 N–H and O–H groups in total. The number of nitrogens with zero attached hydrogens (tertiary/aromatic N) is 3. The van der Waals surface area contributed by atoms with Crippen LogP contribution in [0.15, 0.2) is 53.6 Å². The molecule has 0 saturated heterocycles. The molecule has 3 aromatic rings. The lowest BCUT2D eigenvalue weighted by molar-refractivity contribution is 0.409. The zero-order chi connectivity index (χ0) is 19.7. The van der Waals surface area contributed by atoms with Crippen LogP contribution in [0.5, 0.6) is 5.75 Å². The molecule has 1 aliphatic heterocycles. The normalized spacial score (nSPS) is 16.6. The Bertz CT molecular complexity index is 982. The van der Waals surface area contributed by atoms with Crippen molar-refractivity contribution in [3.05, 3.63) is 71.0 Å². The second-order valence-corrected chi connectivity index (χ2v) is 8.69. The van der Waals surface area contributed by atoms with Gasteiger partial charge in [0.25, 0.3) is 0 Å². The van der Waals surface area contributed by atoms with Crippen molar-refractivity contribution in [2.75, 3.05) is 18.6 Å². The van der Waals surface area contributed by atoms with Gasteiger partial charge in [-0.3, -0.25) is 4.68 Å². The SMILES string of the molecule is COc1ccccc1[C@@H]1CCN(Cc2cn(C)nc2C)c2ccc(C)cc2S1. The molecule has 0 bridgehead atoms. The molecule has 0 aliphatic carbocycles. The Morgan fingerprint density at radius 1 is 1.18 bits per heavy atom. The average Bonchev–Trinajstić information content (AvgIpc) is 2.90. The van der Waals surface area contributed by atoms with Crippen LogP contribution in [-0.4, -0.2) is 23.4 Å². The minimum Gasteiger partial charge on any atom is -0.496 e. The molecule has 2 aromatic carbocycles. The molecule has 0 fully saturated rings. The monoisotopic (exact) mass is 393 g/mol. The highest BCUT2D eigenvalue weighted by molar-refractivity contribution is 7.99. The van der Waals surface area contributed by atoms with Crippen LogP contribution in [0.25, 0.3) is 0 Å². The standard InChI is InChI=1S/C23H27N3OS/c1-16-9-10-20-23(13-16)28-22(19-7-5-6-8-21(19)27-4)11-12-26(20)15-18-14-25(3)24-17(18)2/h5-10,13-14,22H,11-12,15H2,1-4H3/t22-/m0/s1. The molecule has 146 valence electrons. The number of fused-ring (bicyclic) bond motifs is 1. The van der Waals surface area contributed by atoms with Crippen LogP contribution in [0.3, 0.4) is 0 Å². The Balaban J connectivity index is 1.69. The first-order chi connectivity index (χ1) is 13.5. The van der Waals surface area contributed by atoms with E-state index >= 15 is 0 Å². The molecule has 0 amide bonds. The van der Waals surface area contributed by atoms with E-state index < -0.39 is 0 Å². The second-order valence-electron chi connectivity index (χ2n) is 7.44. The maximum atomic E-state index is 5.65. The summed E-state index contributed by atoms with van der Waals surface area (Å²) in [5, 5.41) is 4.90. The number of benzene rings is 2. The lowest BCUT2D eigenvalue weighted by atomic mass is 10.1. The molecule has 5 heteroatoms. The van der Waals surface area contributed by atoms with Crippen molar-refractivity contribution in [2.24, 2.45) is 7.05 Å². The lowest BCUT2D eigenvalue weighted by Gasteiger charge is -2.24. The van der Waals surface area contributed by atoms with Gasteiger partial charge < -0.3 is 9.64 Å². The van der Waals surface area contributed by atoms with Gasteiger partial charge in [0.15, 0.2) is 0 Å². The molecule has 0 saturated carbocycles. The number of rotatable bonds is 4. The third-order valence-corrected chi connectivity index (χ3v) is 6.70. The van der Waals surface area contributed by atoms with Crippen LogP contribution in [-0.2, 0) is 13.6 Å². The Labute approximate surface area is 171 Å². The summed E-state index contributed by atoms with van der Waals surface area (Å²) in [6.07, 6.45) is 3.21. The molecule has 1 aromatic heterocycles. The van der Waals surface area contributed by atoms with Crippen LogP contribution in [0.2, 0.25) is 0 Å². The number of para-hydroxylation sites is 1. The van der Waals surface area contributed by atoms with E-state index in [-0.39, 0.29) is 0 Å². The number of aryl methyl sites for hydroxylation is 3. The number of ether oxygens (including phenoxy) is 1. The smallest absolute Gasteiger partial charge is 0.123 e. The van der Waals surface area contributed by atoms with Gasteiger partial charge in [-0.1, -0.05) is 24.3 Å². The molecule has 4 nitrogen and oxygen atoms in total. The van der Waals surface area contributed by atoms with E-state index in [0.717, 1.165) is 31.0 Å². The predicted molar refractivity (Wildman–Crippen MR) is 116 cm³/mol. The summed E-state index contributed by atoms with van der Waals surface area (Å²) < 4.78 is 7.56. The maximum Gasteiger partial charge on any atom is 0.123 e. The predicted octanol–water partition coefficient (Wildman–Crippen LogP) is 5.29. The largest absolute Gasteiger partial charge is 0.496 e. The van der Waals surface area contributed by atoms with Gasteiger partial charge >= 0.3 is 0 Å². The number of hydrogen-bond donors (Lipinski definition) is 0. The zero-order valence-electron chi connectivity index (χ0n) is 17.0. The molecule has 0 radical (unpaired) electrons. The average molecular weight is 394 g/mol. The topological polar surface area (TPSA) is 30.3 Å². The molecule has 1 atom stereocenters. The summed E-state index contributed by atoms with van der Waals surface area (Å²) in [6.45, 7) is 6.14. The molecule has 0 unspecified atom stereocenters. The summed E-state index contributed by atoms with van der Waals surface area (Å²) in [5.41, 5.74) is 6.28. The highest BCUT2D eigenvalue weighted by Crippen LogP contribution is 2.47. The number of hydrogen-bond acceptors (Lipinski definition) is 4. The molecule has 2 heterocycles. The van der Waals surface area contributed by atoms with Crippen molar-refractivity contribution in [3.63, 3.8) is 0 Å². The van der Waals surface area contributed by atoms with Gasteiger partial charge in [-0.25, -0.2) is 0 Å². The van der Waals surface area contributed by atoms with Crippen molar-refractivity contribution in [2.45, 2.75) is 37.0 Å². The third kappa shape index (κ3) is 3.76. The molecular weight excluding hydrogens is 366 g/mol. The molecule has 1 aliphatic rings. The van der Waals surface area contributed by atoms with Crippen LogP contribution in [0, 0.1) is 13.8 Å². The highest BCUT2D eigenvalue weighted by atomic mass is 32.2. The summed E-state index contributed by atoms with van der Waals surface area (Å²) in [6, 6.07) is 15.2. The Morgan fingerprint density at radius 2 is 2.00 bits per heavy atom. The van der Waals surface area contributed by atoms with Crippen molar-refractivity contribution < 1.29 is 4.74 Å². The van der Waals surface area contributed by atoms with Gasteiger partial charge in [0.05, 0.1) is 18.5 Å². The quantitative estimate of drug-likeness (QED) is 0.602. The van der Waals surface area contributed by atoms with Crippen molar-refractivity contribution in [1.82, 2.24) is 9.78 Å². The minimum absolute atomic E-state index is 0.372. The molecule has 4 rings (SSSR count). The van der Waals surface area contributed by atoms with Crippen LogP contribution in [0.1, 0.15) is 34.1 Å². The fourth-order valence-electron chi connectivity index (χ4n) is 3.91. The fourth-order valence-corrected chi connectivity index (χ4v) is 5.33. The van der Waals surface area contributed by atoms with E-state index in [2.05, 4.69) is 66.4 Å². The molecular formula is C23H27N3OS. The minimum atomic E-state index is 0.372. The lowest BCUT2D eigenvalue weighted by Crippen LogP contribution is -2.24. The van der Waals surface area contributed by atoms with Crippen molar-refractivity contribution >= 4 is 17.4 Å². The maximum absolute atomic E-state index is 5.65. The van der Waals surface area contributed by atoms with Crippen LogP contribution < -0.4 is 9.64 Å². The van der Waals surface area contributed by atoms with Gasteiger partial charge in [-0.15, -0.1) is 11.8 Å². The Morgan fingerprint density at radius 3 is 2.75 bits per heavy atom. The zero-order valence-corrected chi connectivity index (χ0v) is 17.8. The van der Waals surface area contributed by atoms with Crippen LogP contribution >= 0.6 is 11.8 Å².